The molecule has 2 aromatic rings. The molecule has 1 aliphatic heterocycles. The molecule has 4 heteroatoms. The molecule has 0 aromatic heterocycles. The van der Waals surface area contributed by atoms with Gasteiger partial charge in [0.2, 0.25) is 0 Å². The fraction of sp³-hybridized carbons (Fsp3) is 0.353. The minimum Gasteiger partial charge on any atom is -0.338 e. The van der Waals surface area contributed by atoms with Gasteiger partial charge >= 0.3 is 0 Å². The van der Waals surface area contributed by atoms with E-state index in [1.165, 1.54) is 0 Å². The molecule has 1 amide bonds. The van der Waals surface area contributed by atoms with E-state index in [1.807, 2.05) is 47.4 Å². The van der Waals surface area contributed by atoms with Gasteiger partial charge in [0.15, 0.2) is 0 Å². The van der Waals surface area contributed by atoms with E-state index in [-0.39, 0.29) is 23.7 Å². The highest BCUT2D eigenvalue weighted by Gasteiger charge is 2.35. The summed E-state index contributed by atoms with van der Waals surface area (Å²) in [4.78, 5) is 14.7. The summed E-state index contributed by atoms with van der Waals surface area (Å²) in [6, 6.07) is 13.9. The zero-order chi connectivity index (χ0) is 14.2. The summed E-state index contributed by atoms with van der Waals surface area (Å²) in [5.74, 6) is 0.124. The van der Waals surface area contributed by atoms with E-state index < -0.39 is 0 Å². The van der Waals surface area contributed by atoms with Crippen molar-refractivity contribution in [1.82, 2.24) is 4.90 Å². The Kier molecular flexibility index (Phi) is 4.55. The average Bonchev–Trinajstić information content (AvgIpc) is 2.89. The fourth-order valence-electron chi connectivity index (χ4n) is 2.95. The lowest BCUT2D eigenvalue weighted by atomic mass is 9.90. The Morgan fingerprint density at radius 3 is 2.67 bits per heavy atom. The number of benzene rings is 2. The molecular weight excluding hydrogens is 284 g/mol. The molecule has 1 saturated heterocycles. The maximum absolute atomic E-state index is 12.7. The van der Waals surface area contributed by atoms with Gasteiger partial charge in [0.25, 0.3) is 5.91 Å². The summed E-state index contributed by atoms with van der Waals surface area (Å²) in [5.41, 5.74) is 6.69. The number of hydrogen-bond acceptors (Lipinski definition) is 2. The van der Waals surface area contributed by atoms with Crippen LogP contribution >= 0.6 is 12.4 Å². The van der Waals surface area contributed by atoms with Crippen LogP contribution in [0.1, 0.15) is 23.7 Å². The van der Waals surface area contributed by atoms with Crippen LogP contribution in [0.3, 0.4) is 0 Å². The highest BCUT2D eigenvalue weighted by Crippen LogP contribution is 2.30. The van der Waals surface area contributed by atoms with Gasteiger partial charge in [-0.25, -0.2) is 0 Å². The number of rotatable bonds is 2. The first kappa shape index (κ1) is 15.8. The standard InChI is InChI=1S/C17H20N2O.ClH/c1-17(11-18)9-10-19(12-17)16(20)15-8-4-6-13-5-2-3-7-14(13)15;/h2-8H,9-12,18H2,1H3;1H. The van der Waals surface area contributed by atoms with Crippen LogP contribution < -0.4 is 5.73 Å². The first-order chi connectivity index (χ1) is 9.63. The Bertz CT molecular complexity index is 653. The Balaban J connectivity index is 0.00000161. The lowest BCUT2D eigenvalue weighted by Crippen LogP contribution is -2.34. The van der Waals surface area contributed by atoms with E-state index >= 15 is 0 Å². The summed E-state index contributed by atoms with van der Waals surface area (Å²) in [7, 11) is 0. The third-order valence-electron chi connectivity index (χ3n) is 4.36. The lowest BCUT2D eigenvalue weighted by molar-refractivity contribution is 0.0779. The van der Waals surface area contributed by atoms with Crippen molar-refractivity contribution < 1.29 is 4.79 Å². The zero-order valence-corrected chi connectivity index (χ0v) is 13.0. The molecule has 2 aromatic carbocycles. The van der Waals surface area contributed by atoms with E-state index in [4.69, 9.17) is 5.73 Å². The van der Waals surface area contributed by atoms with Crippen molar-refractivity contribution in [3.8, 4) is 0 Å². The molecule has 0 saturated carbocycles. The Hall–Kier alpha value is -1.58. The largest absolute Gasteiger partial charge is 0.338 e. The van der Waals surface area contributed by atoms with Gasteiger partial charge in [-0.3, -0.25) is 4.79 Å². The summed E-state index contributed by atoms with van der Waals surface area (Å²) < 4.78 is 0. The van der Waals surface area contributed by atoms with Crippen molar-refractivity contribution >= 4 is 29.1 Å². The second-order valence-electron chi connectivity index (χ2n) is 6.02. The van der Waals surface area contributed by atoms with E-state index in [1.54, 1.807) is 0 Å². The lowest BCUT2D eigenvalue weighted by Gasteiger charge is -2.23. The van der Waals surface area contributed by atoms with Gasteiger partial charge in [-0.1, -0.05) is 43.3 Å². The van der Waals surface area contributed by atoms with Gasteiger partial charge in [0.1, 0.15) is 0 Å². The molecule has 2 N–H and O–H groups in total. The molecule has 1 atom stereocenters. The number of hydrogen-bond donors (Lipinski definition) is 1. The quantitative estimate of drug-likeness (QED) is 0.927. The number of nitrogens with two attached hydrogens (primary N) is 1. The maximum atomic E-state index is 12.7. The van der Waals surface area contributed by atoms with Crippen LogP contribution in [0.15, 0.2) is 42.5 Å². The SMILES string of the molecule is CC1(CN)CCN(C(=O)c2cccc3ccccc23)C1.Cl. The van der Waals surface area contributed by atoms with E-state index in [0.717, 1.165) is 35.8 Å². The van der Waals surface area contributed by atoms with Crippen molar-refractivity contribution in [3.05, 3.63) is 48.0 Å². The average molecular weight is 305 g/mol. The van der Waals surface area contributed by atoms with E-state index in [2.05, 4.69) is 6.92 Å². The molecule has 1 fully saturated rings. The van der Waals surface area contributed by atoms with Gasteiger partial charge in [-0.2, -0.15) is 0 Å². The minimum absolute atomic E-state index is 0. The smallest absolute Gasteiger partial charge is 0.254 e. The first-order valence-electron chi connectivity index (χ1n) is 7.10. The molecule has 0 radical (unpaired) electrons. The summed E-state index contributed by atoms with van der Waals surface area (Å²) >= 11 is 0. The Morgan fingerprint density at radius 1 is 1.24 bits per heavy atom. The van der Waals surface area contributed by atoms with Crippen LogP contribution in [-0.4, -0.2) is 30.4 Å². The molecule has 1 aliphatic rings. The third-order valence-corrected chi connectivity index (χ3v) is 4.36. The van der Waals surface area contributed by atoms with E-state index in [0.29, 0.717) is 6.54 Å². The molecule has 1 unspecified atom stereocenters. The molecule has 1 heterocycles. The van der Waals surface area contributed by atoms with Crippen LogP contribution in [0.2, 0.25) is 0 Å². The number of halogens is 1. The zero-order valence-electron chi connectivity index (χ0n) is 12.2. The minimum atomic E-state index is 0. The predicted octanol–water partition coefficient (Wildman–Crippen LogP) is 3.07. The first-order valence-corrected chi connectivity index (χ1v) is 7.10. The monoisotopic (exact) mass is 304 g/mol. The molecule has 0 bridgehead atoms. The van der Waals surface area contributed by atoms with Crippen LogP contribution in [0.4, 0.5) is 0 Å². The highest BCUT2D eigenvalue weighted by atomic mass is 35.5. The van der Waals surface area contributed by atoms with Crippen molar-refractivity contribution in [1.29, 1.82) is 0 Å². The number of amides is 1. The summed E-state index contributed by atoms with van der Waals surface area (Å²) in [5, 5.41) is 2.14. The molecule has 0 spiro atoms. The number of likely N-dealkylation sites (tertiary alicyclic amines) is 1. The van der Waals surface area contributed by atoms with Crippen LogP contribution in [0, 0.1) is 5.41 Å². The van der Waals surface area contributed by atoms with E-state index in [9.17, 15) is 4.79 Å². The van der Waals surface area contributed by atoms with Crippen molar-refractivity contribution in [2.24, 2.45) is 11.1 Å². The highest BCUT2D eigenvalue weighted by molar-refractivity contribution is 6.07. The Morgan fingerprint density at radius 2 is 1.95 bits per heavy atom. The fourth-order valence-corrected chi connectivity index (χ4v) is 2.95. The molecule has 112 valence electrons. The second-order valence-corrected chi connectivity index (χ2v) is 6.02. The second kappa shape index (κ2) is 6.04. The number of nitrogens with zero attached hydrogens (tertiary/aromatic N) is 1. The van der Waals surface area contributed by atoms with Gasteiger partial charge in [-0.05, 0) is 35.2 Å². The van der Waals surface area contributed by atoms with Crippen molar-refractivity contribution in [3.63, 3.8) is 0 Å². The maximum Gasteiger partial charge on any atom is 0.254 e. The molecular formula is C17H21ClN2O. The molecule has 3 nitrogen and oxygen atoms in total. The predicted molar refractivity (Wildman–Crippen MR) is 88.9 cm³/mol. The molecule has 3 rings (SSSR count). The molecule has 21 heavy (non-hydrogen) atoms. The number of carbonyl (C=O) groups excluding carboxylic acids is 1. The van der Waals surface area contributed by atoms with Crippen LogP contribution in [0.25, 0.3) is 10.8 Å². The summed E-state index contributed by atoms with van der Waals surface area (Å²) in [6.45, 7) is 4.34. The van der Waals surface area contributed by atoms with Gasteiger partial charge in [0.05, 0.1) is 0 Å². The van der Waals surface area contributed by atoms with Crippen molar-refractivity contribution in [2.75, 3.05) is 19.6 Å². The topological polar surface area (TPSA) is 46.3 Å². The molecule has 0 aliphatic carbocycles. The number of fused-ring (bicyclic) bond motifs is 1. The number of carbonyl (C=O) groups is 1. The van der Waals surface area contributed by atoms with Crippen LogP contribution in [-0.2, 0) is 0 Å². The Labute approximate surface area is 131 Å². The van der Waals surface area contributed by atoms with Gasteiger partial charge in [-0.15, -0.1) is 12.4 Å². The van der Waals surface area contributed by atoms with Gasteiger partial charge < -0.3 is 10.6 Å². The third kappa shape index (κ3) is 2.89. The van der Waals surface area contributed by atoms with Gasteiger partial charge in [0, 0.05) is 18.7 Å². The summed E-state index contributed by atoms with van der Waals surface area (Å²) in [6.07, 6.45) is 0.986. The van der Waals surface area contributed by atoms with Crippen molar-refractivity contribution in [2.45, 2.75) is 13.3 Å². The van der Waals surface area contributed by atoms with Crippen LogP contribution in [0.5, 0.6) is 0 Å². The normalized spacial score (nSPS) is 21.3.